The van der Waals surface area contributed by atoms with Gasteiger partial charge in [0.15, 0.2) is 0 Å². The molecule has 162 valence electrons. The Morgan fingerprint density at radius 1 is 1.00 bits per heavy atom. The topological polar surface area (TPSA) is 66.8 Å². The zero-order chi connectivity index (χ0) is 23.0. The number of Topliss-reactive ketones (excluding diaryl/α,β-unsaturated/α-hetero) is 1. The summed E-state index contributed by atoms with van der Waals surface area (Å²) in [5.41, 5.74) is 3.08. The molecule has 1 saturated heterocycles. The number of methoxy groups -OCH3 is 1. The smallest absolute Gasteiger partial charge is 0.300 e. The molecule has 32 heavy (non-hydrogen) atoms. The van der Waals surface area contributed by atoms with Crippen molar-refractivity contribution in [3.05, 3.63) is 100 Å². The number of amides is 1. The second kappa shape index (κ2) is 8.30. The molecule has 1 atom stereocenters. The molecule has 3 aromatic carbocycles. The summed E-state index contributed by atoms with van der Waals surface area (Å²) in [6.45, 7) is 3.69. The number of carbonyl (C=O) groups is 2. The van der Waals surface area contributed by atoms with Crippen molar-refractivity contribution in [2.75, 3.05) is 12.0 Å². The summed E-state index contributed by atoms with van der Waals surface area (Å²) in [6, 6.07) is 17.0. The number of aliphatic hydroxyl groups excluding tert-OH is 1. The lowest BCUT2D eigenvalue weighted by Gasteiger charge is -2.26. The number of ketones is 1. The van der Waals surface area contributed by atoms with E-state index < -0.39 is 23.5 Å². The molecule has 0 aliphatic carbocycles. The van der Waals surface area contributed by atoms with Crippen LogP contribution in [0.2, 0.25) is 0 Å². The summed E-state index contributed by atoms with van der Waals surface area (Å²) in [6.07, 6.45) is 0. The van der Waals surface area contributed by atoms with Crippen molar-refractivity contribution in [1.82, 2.24) is 0 Å². The zero-order valence-electron chi connectivity index (χ0n) is 17.9. The molecule has 1 N–H and O–H groups in total. The summed E-state index contributed by atoms with van der Waals surface area (Å²) >= 11 is 0. The van der Waals surface area contributed by atoms with Gasteiger partial charge in [0.25, 0.3) is 11.7 Å². The standard InChI is InChI=1S/C26H22FNO4/c1-15-5-4-6-17(13-15)23-22(24(29)21-12-11-20(32-3)14-16(21)2)25(30)26(31)28(23)19-9-7-18(27)8-10-19/h4-14,23,29H,1-3H3/b24-22-. The van der Waals surface area contributed by atoms with Gasteiger partial charge >= 0.3 is 0 Å². The molecule has 1 aliphatic rings. The van der Waals surface area contributed by atoms with Crippen molar-refractivity contribution < 1.29 is 23.8 Å². The third-order valence-corrected chi connectivity index (χ3v) is 5.60. The van der Waals surface area contributed by atoms with E-state index in [0.29, 0.717) is 28.1 Å². The van der Waals surface area contributed by atoms with E-state index in [1.54, 1.807) is 38.3 Å². The number of ether oxygens (including phenoxy) is 1. The van der Waals surface area contributed by atoms with E-state index in [9.17, 15) is 19.1 Å². The van der Waals surface area contributed by atoms with Gasteiger partial charge in [-0.3, -0.25) is 14.5 Å². The number of halogens is 1. The number of nitrogens with zero attached hydrogens (tertiary/aromatic N) is 1. The van der Waals surface area contributed by atoms with Gasteiger partial charge in [0.05, 0.1) is 18.7 Å². The molecule has 3 aromatic rings. The fourth-order valence-corrected chi connectivity index (χ4v) is 4.03. The predicted molar refractivity (Wildman–Crippen MR) is 120 cm³/mol. The van der Waals surface area contributed by atoms with E-state index in [0.717, 1.165) is 5.56 Å². The Labute approximate surface area is 185 Å². The highest BCUT2D eigenvalue weighted by Crippen LogP contribution is 2.42. The van der Waals surface area contributed by atoms with Crippen LogP contribution in [0.15, 0.2) is 72.3 Å². The fourth-order valence-electron chi connectivity index (χ4n) is 4.03. The van der Waals surface area contributed by atoms with Crippen LogP contribution in [0.3, 0.4) is 0 Å². The fraction of sp³-hybridized carbons (Fsp3) is 0.154. The Bertz CT molecular complexity index is 1250. The first-order valence-corrected chi connectivity index (χ1v) is 10.1. The van der Waals surface area contributed by atoms with E-state index in [1.807, 2.05) is 25.1 Å². The number of aliphatic hydroxyl groups is 1. The minimum absolute atomic E-state index is 0.0156. The number of benzene rings is 3. The third kappa shape index (κ3) is 3.64. The second-order valence-corrected chi connectivity index (χ2v) is 7.74. The summed E-state index contributed by atoms with van der Waals surface area (Å²) in [5.74, 6) is -1.68. The Morgan fingerprint density at radius 3 is 2.34 bits per heavy atom. The highest BCUT2D eigenvalue weighted by Gasteiger charge is 2.47. The summed E-state index contributed by atoms with van der Waals surface area (Å²) in [5, 5.41) is 11.2. The molecular weight excluding hydrogens is 409 g/mol. The van der Waals surface area contributed by atoms with Crippen LogP contribution >= 0.6 is 0 Å². The van der Waals surface area contributed by atoms with E-state index in [4.69, 9.17) is 4.74 Å². The molecule has 0 radical (unpaired) electrons. The Kier molecular flexibility index (Phi) is 5.53. The highest BCUT2D eigenvalue weighted by atomic mass is 19.1. The first-order valence-electron chi connectivity index (χ1n) is 10.1. The predicted octanol–water partition coefficient (Wildman–Crippen LogP) is 5.08. The Morgan fingerprint density at radius 2 is 1.72 bits per heavy atom. The first kappa shape index (κ1) is 21.3. The molecule has 0 bridgehead atoms. The van der Waals surface area contributed by atoms with Crippen LogP contribution in [-0.2, 0) is 9.59 Å². The molecule has 1 aliphatic heterocycles. The number of aryl methyl sites for hydroxylation is 2. The quantitative estimate of drug-likeness (QED) is 0.356. The van der Waals surface area contributed by atoms with Gasteiger partial charge in [-0.1, -0.05) is 29.8 Å². The van der Waals surface area contributed by atoms with Crippen LogP contribution in [-0.4, -0.2) is 23.9 Å². The molecule has 1 amide bonds. The molecule has 4 rings (SSSR count). The molecular formula is C26H22FNO4. The maximum absolute atomic E-state index is 13.5. The SMILES string of the molecule is COc1ccc(/C(O)=C2/C(=O)C(=O)N(c3ccc(F)cc3)C2c2cccc(C)c2)c(C)c1. The van der Waals surface area contributed by atoms with E-state index in [-0.39, 0.29) is 11.3 Å². The second-order valence-electron chi connectivity index (χ2n) is 7.74. The third-order valence-electron chi connectivity index (χ3n) is 5.60. The van der Waals surface area contributed by atoms with Crippen LogP contribution in [0.25, 0.3) is 5.76 Å². The molecule has 1 fully saturated rings. The number of hydrogen-bond acceptors (Lipinski definition) is 4. The monoisotopic (exact) mass is 431 g/mol. The van der Waals surface area contributed by atoms with Gasteiger partial charge in [-0.15, -0.1) is 0 Å². The van der Waals surface area contributed by atoms with Crippen molar-refractivity contribution in [2.24, 2.45) is 0 Å². The van der Waals surface area contributed by atoms with E-state index >= 15 is 0 Å². The van der Waals surface area contributed by atoms with Crippen molar-refractivity contribution in [1.29, 1.82) is 0 Å². The normalized spacial score (nSPS) is 17.6. The van der Waals surface area contributed by atoms with Crippen molar-refractivity contribution in [2.45, 2.75) is 19.9 Å². The summed E-state index contributed by atoms with van der Waals surface area (Å²) in [7, 11) is 1.54. The van der Waals surface area contributed by atoms with Crippen molar-refractivity contribution in [3.8, 4) is 5.75 Å². The number of anilines is 1. The van der Waals surface area contributed by atoms with Crippen molar-refractivity contribution in [3.63, 3.8) is 0 Å². The molecule has 6 heteroatoms. The Hall–Kier alpha value is -3.93. The first-order chi connectivity index (χ1) is 15.3. The van der Waals surface area contributed by atoms with Crippen LogP contribution in [0.4, 0.5) is 10.1 Å². The number of carbonyl (C=O) groups excluding carboxylic acids is 2. The van der Waals surface area contributed by atoms with Gasteiger partial charge in [0.2, 0.25) is 0 Å². The lowest BCUT2D eigenvalue weighted by molar-refractivity contribution is -0.132. The lowest BCUT2D eigenvalue weighted by atomic mass is 9.93. The maximum Gasteiger partial charge on any atom is 0.300 e. The molecule has 0 aromatic heterocycles. The van der Waals surface area contributed by atoms with Gasteiger partial charge < -0.3 is 9.84 Å². The minimum atomic E-state index is -0.859. The lowest BCUT2D eigenvalue weighted by Crippen LogP contribution is -2.29. The zero-order valence-corrected chi connectivity index (χ0v) is 17.9. The number of rotatable bonds is 4. The average Bonchev–Trinajstić information content (AvgIpc) is 3.04. The van der Waals surface area contributed by atoms with Gasteiger partial charge in [0, 0.05) is 11.3 Å². The van der Waals surface area contributed by atoms with Crippen LogP contribution in [0.5, 0.6) is 5.75 Å². The maximum atomic E-state index is 13.5. The summed E-state index contributed by atoms with van der Waals surface area (Å²) in [4.78, 5) is 27.6. The van der Waals surface area contributed by atoms with E-state index in [1.165, 1.54) is 29.2 Å². The average molecular weight is 431 g/mol. The largest absolute Gasteiger partial charge is 0.507 e. The van der Waals surface area contributed by atoms with Crippen LogP contribution in [0.1, 0.15) is 28.3 Å². The van der Waals surface area contributed by atoms with Crippen molar-refractivity contribution >= 4 is 23.1 Å². The van der Waals surface area contributed by atoms with Crippen LogP contribution in [0, 0.1) is 19.7 Å². The number of hydrogen-bond donors (Lipinski definition) is 1. The highest BCUT2D eigenvalue weighted by molar-refractivity contribution is 6.51. The molecule has 1 unspecified atom stereocenters. The molecule has 5 nitrogen and oxygen atoms in total. The molecule has 0 saturated carbocycles. The Balaban J connectivity index is 1.95. The van der Waals surface area contributed by atoms with Gasteiger partial charge in [-0.05, 0) is 67.4 Å². The van der Waals surface area contributed by atoms with E-state index in [2.05, 4.69) is 0 Å². The van der Waals surface area contributed by atoms with Gasteiger partial charge in [-0.25, -0.2) is 4.39 Å². The molecule has 0 spiro atoms. The van der Waals surface area contributed by atoms with Gasteiger partial charge in [-0.2, -0.15) is 0 Å². The summed E-state index contributed by atoms with van der Waals surface area (Å²) < 4.78 is 18.7. The van der Waals surface area contributed by atoms with Crippen LogP contribution < -0.4 is 9.64 Å². The minimum Gasteiger partial charge on any atom is -0.507 e. The molecule has 1 heterocycles. The van der Waals surface area contributed by atoms with Gasteiger partial charge in [0.1, 0.15) is 17.3 Å².